The van der Waals surface area contributed by atoms with E-state index in [0.29, 0.717) is 13.0 Å². The molecule has 1 aliphatic rings. The standard InChI is InChI=1S/C14H17ClN2O4S/c15-11-3-1-4-12(9-11)22(20,21)17-13(18)5-2-8-16-14(19)10-6-7-10/h1,3-4,9-10H,2,5-8H2,(H,16,19)(H,17,18). The molecule has 0 bridgehead atoms. The Balaban J connectivity index is 1.77. The Labute approximate surface area is 134 Å². The molecule has 2 N–H and O–H groups in total. The van der Waals surface area contributed by atoms with Crippen LogP contribution in [0.3, 0.4) is 0 Å². The van der Waals surface area contributed by atoms with Crippen LogP contribution < -0.4 is 10.0 Å². The molecule has 0 aliphatic heterocycles. The number of nitrogens with one attached hydrogen (secondary N) is 2. The number of carbonyl (C=O) groups is 2. The fourth-order valence-corrected chi connectivity index (χ4v) is 3.16. The fraction of sp³-hybridized carbons (Fsp3) is 0.429. The highest BCUT2D eigenvalue weighted by molar-refractivity contribution is 7.90. The summed E-state index contributed by atoms with van der Waals surface area (Å²) in [6.45, 7) is 0.361. The zero-order chi connectivity index (χ0) is 16.2. The van der Waals surface area contributed by atoms with Crippen molar-refractivity contribution in [2.75, 3.05) is 6.54 Å². The van der Waals surface area contributed by atoms with Crippen LogP contribution in [-0.2, 0) is 19.6 Å². The lowest BCUT2D eigenvalue weighted by molar-refractivity contribution is -0.123. The van der Waals surface area contributed by atoms with Crippen molar-refractivity contribution in [2.24, 2.45) is 5.92 Å². The van der Waals surface area contributed by atoms with Gasteiger partial charge in [-0.2, -0.15) is 0 Å². The summed E-state index contributed by atoms with van der Waals surface area (Å²) in [7, 11) is -3.91. The monoisotopic (exact) mass is 344 g/mol. The molecule has 2 rings (SSSR count). The average molecular weight is 345 g/mol. The van der Waals surface area contributed by atoms with Gasteiger partial charge in [-0.3, -0.25) is 9.59 Å². The third-order valence-corrected chi connectivity index (χ3v) is 4.79. The van der Waals surface area contributed by atoms with Crippen molar-refractivity contribution in [3.63, 3.8) is 0 Å². The van der Waals surface area contributed by atoms with Crippen LogP contribution in [0.4, 0.5) is 0 Å². The normalized spacial score (nSPS) is 14.4. The van der Waals surface area contributed by atoms with Crippen molar-refractivity contribution in [1.29, 1.82) is 0 Å². The molecular formula is C14H17ClN2O4S. The molecule has 0 unspecified atom stereocenters. The van der Waals surface area contributed by atoms with E-state index in [9.17, 15) is 18.0 Å². The molecule has 0 saturated heterocycles. The first-order valence-electron chi connectivity index (χ1n) is 6.97. The van der Waals surface area contributed by atoms with Gasteiger partial charge in [-0.15, -0.1) is 0 Å². The summed E-state index contributed by atoms with van der Waals surface area (Å²) in [5.74, 6) is -0.482. The van der Waals surface area contributed by atoms with Crippen LogP contribution in [0.25, 0.3) is 0 Å². The van der Waals surface area contributed by atoms with Crippen molar-refractivity contribution < 1.29 is 18.0 Å². The Hall–Kier alpha value is -1.60. The zero-order valence-corrected chi connectivity index (χ0v) is 13.4. The van der Waals surface area contributed by atoms with E-state index in [1.54, 1.807) is 6.07 Å². The lowest BCUT2D eigenvalue weighted by Gasteiger charge is -2.07. The zero-order valence-electron chi connectivity index (χ0n) is 11.8. The molecule has 6 nitrogen and oxygen atoms in total. The smallest absolute Gasteiger partial charge is 0.264 e. The minimum atomic E-state index is -3.91. The first kappa shape index (κ1) is 16.8. The van der Waals surface area contributed by atoms with Gasteiger partial charge in [0.25, 0.3) is 10.0 Å². The number of hydrogen-bond acceptors (Lipinski definition) is 4. The Morgan fingerprint density at radius 2 is 2.00 bits per heavy atom. The summed E-state index contributed by atoms with van der Waals surface area (Å²) in [6.07, 6.45) is 2.24. The largest absolute Gasteiger partial charge is 0.356 e. The number of halogens is 1. The van der Waals surface area contributed by atoms with E-state index in [1.807, 2.05) is 4.72 Å². The molecule has 1 aromatic rings. The number of sulfonamides is 1. The summed E-state index contributed by atoms with van der Waals surface area (Å²) in [6, 6.07) is 5.67. The second kappa shape index (κ2) is 7.11. The van der Waals surface area contributed by atoms with E-state index in [-0.39, 0.29) is 28.2 Å². The first-order chi connectivity index (χ1) is 10.4. The Kier molecular flexibility index (Phi) is 5.42. The third kappa shape index (κ3) is 4.99. The number of amides is 2. The molecule has 0 heterocycles. The summed E-state index contributed by atoms with van der Waals surface area (Å²) in [4.78, 5) is 23.0. The predicted octanol–water partition coefficient (Wildman–Crippen LogP) is 1.45. The number of hydrogen-bond donors (Lipinski definition) is 2. The fourth-order valence-electron chi connectivity index (χ4n) is 1.84. The number of carbonyl (C=O) groups excluding carboxylic acids is 2. The van der Waals surface area contributed by atoms with Crippen LogP contribution in [0.1, 0.15) is 25.7 Å². The van der Waals surface area contributed by atoms with E-state index >= 15 is 0 Å². The molecule has 1 aromatic carbocycles. The van der Waals surface area contributed by atoms with Crippen molar-refractivity contribution in [2.45, 2.75) is 30.6 Å². The van der Waals surface area contributed by atoms with Crippen molar-refractivity contribution in [3.8, 4) is 0 Å². The van der Waals surface area contributed by atoms with Gasteiger partial charge in [0, 0.05) is 23.9 Å². The molecule has 1 aliphatic carbocycles. The summed E-state index contributed by atoms with van der Waals surface area (Å²) in [5, 5.41) is 2.99. The van der Waals surface area contributed by atoms with E-state index in [4.69, 9.17) is 11.6 Å². The van der Waals surface area contributed by atoms with Gasteiger partial charge >= 0.3 is 0 Å². The quantitative estimate of drug-likeness (QED) is 0.732. The third-order valence-electron chi connectivity index (χ3n) is 3.18. The van der Waals surface area contributed by atoms with Crippen LogP contribution >= 0.6 is 11.6 Å². The molecule has 2 amide bonds. The van der Waals surface area contributed by atoms with Crippen LogP contribution in [0.5, 0.6) is 0 Å². The molecule has 0 atom stereocenters. The van der Waals surface area contributed by atoms with Crippen LogP contribution in [0, 0.1) is 5.92 Å². The van der Waals surface area contributed by atoms with Gasteiger partial charge in [0.15, 0.2) is 0 Å². The molecule has 0 radical (unpaired) electrons. The van der Waals surface area contributed by atoms with E-state index in [1.165, 1.54) is 18.2 Å². The number of benzene rings is 1. The Bertz CT molecular complexity index is 671. The highest BCUT2D eigenvalue weighted by Crippen LogP contribution is 2.28. The topological polar surface area (TPSA) is 92.3 Å². The van der Waals surface area contributed by atoms with Crippen LogP contribution in [-0.4, -0.2) is 26.8 Å². The van der Waals surface area contributed by atoms with Gasteiger partial charge in [-0.05, 0) is 37.5 Å². The minimum Gasteiger partial charge on any atom is -0.356 e. The molecule has 1 saturated carbocycles. The molecule has 0 spiro atoms. The van der Waals surface area contributed by atoms with Crippen molar-refractivity contribution >= 4 is 33.4 Å². The number of rotatable bonds is 7. The highest BCUT2D eigenvalue weighted by Gasteiger charge is 2.29. The Morgan fingerprint density at radius 1 is 1.27 bits per heavy atom. The van der Waals surface area contributed by atoms with Crippen molar-refractivity contribution in [3.05, 3.63) is 29.3 Å². The molecular weight excluding hydrogens is 328 g/mol. The van der Waals surface area contributed by atoms with Gasteiger partial charge in [0.1, 0.15) is 0 Å². The predicted molar refractivity (Wildman–Crippen MR) is 81.7 cm³/mol. The highest BCUT2D eigenvalue weighted by atomic mass is 35.5. The second-order valence-corrected chi connectivity index (χ2v) is 7.27. The molecule has 1 fully saturated rings. The summed E-state index contributed by atoms with van der Waals surface area (Å²) >= 11 is 5.73. The van der Waals surface area contributed by atoms with Crippen LogP contribution in [0.2, 0.25) is 5.02 Å². The van der Waals surface area contributed by atoms with Gasteiger partial charge < -0.3 is 5.32 Å². The van der Waals surface area contributed by atoms with E-state index in [2.05, 4.69) is 5.32 Å². The lowest BCUT2D eigenvalue weighted by atomic mass is 10.3. The van der Waals surface area contributed by atoms with Gasteiger partial charge in [-0.25, -0.2) is 13.1 Å². The maximum Gasteiger partial charge on any atom is 0.264 e. The van der Waals surface area contributed by atoms with Gasteiger partial charge in [0.05, 0.1) is 4.90 Å². The molecule has 0 aromatic heterocycles. The van der Waals surface area contributed by atoms with Crippen LogP contribution in [0.15, 0.2) is 29.2 Å². The lowest BCUT2D eigenvalue weighted by Crippen LogP contribution is -2.32. The second-order valence-electron chi connectivity index (χ2n) is 5.15. The maximum atomic E-state index is 12.0. The average Bonchev–Trinajstić information content (AvgIpc) is 3.27. The first-order valence-corrected chi connectivity index (χ1v) is 8.83. The minimum absolute atomic E-state index is 0.00644. The van der Waals surface area contributed by atoms with E-state index in [0.717, 1.165) is 12.8 Å². The van der Waals surface area contributed by atoms with Gasteiger partial charge in [-0.1, -0.05) is 17.7 Å². The maximum absolute atomic E-state index is 12.0. The molecule has 8 heteroatoms. The van der Waals surface area contributed by atoms with Crippen molar-refractivity contribution in [1.82, 2.24) is 10.0 Å². The molecule has 22 heavy (non-hydrogen) atoms. The van der Waals surface area contributed by atoms with Gasteiger partial charge in [0.2, 0.25) is 11.8 Å². The SMILES string of the molecule is O=C(CCCNC(=O)C1CC1)NS(=O)(=O)c1cccc(Cl)c1. The molecule has 120 valence electrons. The van der Waals surface area contributed by atoms with E-state index < -0.39 is 15.9 Å². The summed E-state index contributed by atoms with van der Waals surface area (Å²) in [5.41, 5.74) is 0. The summed E-state index contributed by atoms with van der Waals surface area (Å²) < 4.78 is 25.9. The Morgan fingerprint density at radius 3 is 2.64 bits per heavy atom.